The lowest BCUT2D eigenvalue weighted by atomic mass is 10.1. The summed E-state index contributed by atoms with van der Waals surface area (Å²) in [5.41, 5.74) is 21.8. The molecule has 8 aromatic carbocycles. The average Bonchev–Trinajstić information content (AvgIpc) is 3.23. The first-order valence-corrected chi connectivity index (χ1v) is 27.5. The van der Waals surface area contributed by atoms with Gasteiger partial charge in [-0.15, -0.1) is 0 Å². The Labute approximate surface area is 407 Å². The summed E-state index contributed by atoms with van der Waals surface area (Å²) in [7, 11) is -0.365. The minimum atomic E-state index is -0.262. The van der Waals surface area contributed by atoms with E-state index in [1.807, 2.05) is 0 Å². The highest BCUT2D eigenvalue weighted by atomic mass is 127. The zero-order valence-electron chi connectivity index (χ0n) is 40.5. The molecule has 0 saturated heterocycles. The van der Waals surface area contributed by atoms with E-state index in [0.717, 1.165) is 12.8 Å². The summed E-state index contributed by atoms with van der Waals surface area (Å²) in [6.45, 7) is 27.2. The first-order chi connectivity index (χ1) is 31.1. The van der Waals surface area contributed by atoms with E-state index in [1.54, 1.807) is 0 Å². The fourth-order valence-corrected chi connectivity index (χ4v) is 17.4. The number of benzene rings is 8. The molecule has 0 aliphatic heterocycles. The third-order valence-corrected chi connectivity index (χ3v) is 20.8. The maximum Gasteiger partial charge on any atom is 0.357 e. The summed E-state index contributed by atoms with van der Waals surface area (Å²) < 4.78 is 2.91. The molecule has 65 heavy (non-hydrogen) atoms. The monoisotopic (exact) mass is 999 g/mol. The zero-order chi connectivity index (χ0) is 46.1. The van der Waals surface area contributed by atoms with Gasteiger partial charge in [0.25, 0.3) is 0 Å². The van der Waals surface area contributed by atoms with Gasteiger partial charge in [-0.2, -0.15) is 0 Å². The molecule has 0 bridgehead atoms. The number of hydrogen-bond donors (Lipinski definition) is 0. The Morgan fingerprint density at radius 2 is 0.477 bits per heavy atom. The van der Waals surface area contributed by atoms with Crippen molar-refractivity contribution < 1.29 is 21.2 Å². The van der Waals surface area contributed by atoms with E-state index < -0.39 is 0 Å². The van der Waals surface area contributed by atoms with Crippen LogP contribution in [0.25, 0.3) is 0 Å². The summed E-state index contributed by atoms with van der Waals surface area (Å²) in [6, 6.07) is 56.7. The van der Waals surface area contributed by atoms with Crippen LogP contribution in [0, 0.1) is 90.2 Å². The molecule has 0 radical (unpaired) electrons. The van der Waals surface area contributed by atoms with Gasteiger partial charge >= 0.3 is 21.2 Å². The Hall–Kier alpha value is -4.81. The molecule has 8 aromatic rings. The quantitative estimate of drug-likeness (QED) is 0.0845. The Kier molecular flexibility index (Phi) is 14.3. The SMILES string of the molecule is Cc1cc(C)c([S+](c2ccc(Cc3ccc([I+]c4ccc(Cc5ccc([S+](c6c(C)cc(C)cc6C)c6c(C)cc(C)cc6C)cc5)cc4)cc3)cc2)c2c(C)cc(C)cc2C)c(C)c1. The zero-order valence-corrected chi connectivity index (χ0v) is 44.3. The van der Waals surface area contributed by atoms with E-state index >= 15 is 0 Å². The first kappa shape index (κ1) is 46.7. The standard InChI is InChI=1S/C62H64IS2/c1-39-29-43(5)59(44(6)30-39)64(60-45(7)31-40(2)32-46(60)8)57-25-17-53(18-26-57)37-51-13-21-55(22-14-51)63-56-23-15-52(16-24-56)38-54-19-27-58(28-20-54)65(61-47(9)33-41(3)34-48(61)10)62-49(11)35-42(4)36-50(62)12/h13-36H,37-38H2,1-12H3/q+3. The summed E-state index contributed by atoms with van der Waals surface area (Å²) >= 11 is -0.262. The number of halogens is 1. The Morgan fingerprint density at radius 1 is 0.277 bits per heavy atom. The molecule has 0 aromatic heterocycles. The molecule has 0 amide bonds. The molecule has 0 unspecified atom stereocenters. The van der Waals surface area contributed by atoms with Crippen molar-refractivity contribution in [2.45, 2.75) is 125 Å². The maximum atomic E-state index is 2.40. The highest BCUT2D eigenvalue weighted by Crippen LogP contribution is 2.41. The summed E-state index contributed by atoms with van der Waals surface area (Å²) in [5, 5.41) is 0. The summed E-state index contributed by atoms with van der Waals surface area (Å²) in [5.74, 6) is 0. The minimum absolute atomic E-state index is 0.182. The lowest BCUT2D eigenvalue weighted by molar-refractivity contribution is -0.597. The molecular formula is C62H64IS2+3. The number of hydrogen-bond acceptors (Lipinski definition) is 0. The van der Waals surface area contributed by atoms with Crippen LogP contribution in [0.1, 0.15) is 89.0 Å². The van der Waals surface area contributed by atoms with Crippen LogP contribution in [-0.2, 0) is 34.6 Å². The van der Waals surface area contributed by atoms with E-state index in [2.05, 4.69) is 229 Å². The predicted octanol–water partition coefficient (Wildman–Crippen LogP) is 12.9. The predicted molar refractivity (Wildman–Crippen MR) is 276 cm³/mol. The third kappa shape index (κ3) is 10.6. The van der Waals surface area contributed by atoms with Crippen LogP contribution >= 0.6 is 0 Å². The summed E-state index contributed by atoms with van der Waals surface area (Å²) in [4.78, 5) is 8.64. The molecule has 0 aliphatic carbocycles. The topological polar surface area (TPSA) is 0 Å². The van der Waals surface area contributed by atoms with Gasteiger partial charge in [0, 0.05) is 44.5 Å². The van der Waals surface area contributed by atoms with E-state index in [-0.39, 0.29) is 43.0 Å². The van der Waals surface area contributed by atoms with Gasteiger partial charge < -0.3 is 0 Å². The van der Waals surface area contributed by atoms with Gasteiger partial charge in [-0.3, -0.25) is 0 Å². The lowest BCUT2D eigenvalue weighted by Crippen LogP contribution is -3.61. The highest BCUT2D eigenvalue weighted by Gasteiger charge is 2.37. The van der Waals surface area contributed by atoms with Gasteiger partial charge in [0.2, 0.25) is 0 Å². The molecule has 0 N–H and O–H groups in total. The Balaban J connectivity index is 0.937. The average molecular weight is 1000 g/mol. The molecule has 328 valence electrons. The van der Waals surface area contributed by atoms with Gasteiger partial charge in [-0.1, -0.05) is 119 Å². The normalized spacial score (nSPS) is 11.5. The molecule has 0 atom stereocenters. The van der Waals surface area contributed by atoms with Crippen molar-refractivity contribution in [2.24, 2.45) is 0 Å². The smallest absolute Gasteiger partial charge is 0.0542 e. The second-order valence-electron chi connectivity index (χ2n) is 18.5. The number of aryl methyl sites for hydroxylation is 12. The molecule has 0 fully saturated rings. The van der Waals surface area contributed by atoms with Crippen molar-refractivity contribution in [2.75, 3.05) is 0 Å². The fourth-order valence-electron chi connectivity index (χ4n) is 10.0. The van der Waals surface area contributed by atoms with Crippen LogP contribution in [0.4, 0.5) is 0 Å². The molecular weight excluding hydrogens is 936 g/mol. The molecule has 0 saturated carbocycles. The highest BCUT2D eigenvalue weighted by molar-refractivity contribution is 7.97. The van der Waals surface area contributed by atoms with Crippen LogP contribution in [0.3, 0.4) is 0 Å². The molecule has 8 rings (SSSR count). The summed E-state index contributed by atoms with van der Waals surface area (Å²) in [6.07, 6.45) is 1.87. The van der Waals surface area contributed by atoms with Crippen LogP contribution in [-0.4, -0.2) is 0 Å². The van der Waals surface area contributed by atoms with Crippen molar-refractivity contribution in [3.05, 3.63) is 242 Å². The van der Waals surface area contributed by atoms with Crippen LogP contribution in [0.15, 0.2) is 175 Å². The Bertz CT molecular complexity index is 2580. The maximum absolute atomic E-state index is 2.40. The van der Waals surface area contributed by atoms with Gasteiger partial charge in [0.05, 0.1) is 0 Å². The second-order valence-corrected chi connectivity index (χ2v) is 25.3. The van der Waals surface area contributed by atoms with Gasteiger partial charge in [0.15, 0.2) is 36.5 Å². The molecule has 0 aliphatic rings. The van der Waals surface area contributed by atoms with Crippen LogP contribution < -0.4 is 21.2 Å². The fraction of sp³-hybridized carbons (Fsp3) is 0.226. The van der Waals surface area contributed by atoms with Gasteiger partial charge in [-0.05, 0) is 167 Å². The van der Waals surface area contributed by atoms with Gasteiger partial charge in [0.1, 0.15) is 21.8 Å². The van der Waals surface area contributed by atoms with Gasteiger partial charge in [-0.25, -0.2) is 0 Å². The van der Waals surface area contributed by atoms with E-state index in [9.17, 15) is 0 Å². The minimum Gasteiger partial charge on any atom is -0.0542 e. The molecule has 3 heteroatoms. The molecule has 0 heterocycles. The van der Waals surface area contributed by atoms with Crippen molar-refractivity contribution in [1.29, 1.82) is 0 Å². The number of rotatable bonds is 12. The third-order valence-electron chi connectivity index (χ3n) is 12.4. The van der Waals surface area contributed by atoms with Crippen molar-refractivity contribution >= 4 is 21.8 Å². The molecule has 0 spiro atoms. The lowest BCUT2D eigenvalue weighted by Gasteiger charge is -2.17. The largest absolute Gasteiger partial charge is 0.357 e. The molecule has 0 nitrogen and oxygen atoms in total. The van der Waals surface area contributed by atoms with E-state index in [1.165, 1.54) is 126 Å². The second kappa shape index (κ2) is 20.0. The van der Waals surface area contributed by atoms with Crippen molar-refractivity contribution in [3.63, 3.8) is 0 Å². The first-order valence-electron chi connectivity index (χ1n) is 22.9. The van der Waals surface area contributed by atoms with E-state index in [0.29, 0.717) is 0 Å². The van der Waals surface area contributed by atoms with Crippen molar-refractivity contribution in [3.8, 4) is 0 Å². The van der Waals surface area contributed by atoms with Crippen LogP contribution in [0.2, 0.25) is 0 Å². The Morgan fingerprint density at radius 3 is 0.692 bits per heavy atom. The van der Waals surface area contributed by atoms with Crippen molar-refractivity contribution in [1.82, 2.24) is 0 Å². The van der Waals surface area contributed by atoms with Crippen LogP contribution in [0.5, 0.6) is 0 Å². The van der Waals surface area contributed by atoms with E-state index in [4.69, 9.17) is 0 Å².